The van der Waals surface area contributed by atoms with Crippen LogP contribution in [0.4, 0.5) is 0 Å². The van der Waals surface area contributed by atoms with E-state index in [0.717, 1.165) is 5.56 Å². The van der Waals surface area contributed by atoms with Crippen LogP contribution in [0.2, 0.25) is 5.02 Å². The largest absolute Gasteiger partial charge is 0.370 e. The number of carbonyl (C=O) groups excluding carboxylic acids is 1. The molecular formula is C13H17ClN2O2. The molecule has 2 rings (SSSR count). The number of benzene rings is 1. The summed E-state index contributed by atoms with van der Waals surface area (Å²) in [5.41, 5.74) is 1.06. The van der Waals surface area contributed by atoms with Crippen LogP contribution in [0, 0.1) is 0 Å². The summed E-state index contributed by atoms with van der Waals surface area (Å²) in [6.07, 6.45) is -0.0585. The van der Waals surface area contributed by atoms with Crippen molar-refractivity contribution in [3.8, 4) is 0 Å². The molecule has 98 valence electrons. The first-order chi connectivity index (χ1) is 8.70. The van der Waals surface area contributed by atoms with Crippen molar-refractivity contribution in [2.24, 2.45) is 0 Å². The molecule has 1 N–H and O–H groups in total. The highest BCUT2D eigenvalue weighted by Crippen LogP contribution is 2.23. The molecule has 18 heavy (non-hydrogen) atoms. The van der Waals surface area contributed by atoms with Crippen molar-refractivity contribution >= 4 is 17.5 Å². The van der Waals surface area contributed by atoms with Crippen molar-refractivity contribution in [1.29, 1.82) is 0 Å². The molecule has 0 radical (unpaired) electrons. The molecule has 0 aliphatic carbocycles. The Morgan fingerprint density at radius 3 is 2.89 bits per heavy atom. The Labute approximate surface area is 112 Å². The molecule has 5 heteroatoms. The highest BCUT2D eigenvalue weighted by atomic mass is 35.5. The minimum Gasteiger partial charge on any atom is -0.370 e. The SMILES string of the molecule is CNCC(=O)N1CCO[C@@H](c2ccc(Cl)cc2)C1. The Balaban J connectivity index is 2.02. The van der Waals surface area contributed by atoms with Gasteiger partial charge in [0.1, 0.15) is 6.10 Å². The number of amides is 1. The van der Waals surface area contributed by atoms with Gasteiger partial charge in [-0.2, -0.15) is 0 Å². The van der Waals surface area contributed by atoms with E-state index in [1.807, 2.05) is 29.2 Å². The lowest BCUT2D eigenvalue weighted by atomic mass is 10.1. The normalized spacial score (nSPS) is 19.9. The lowest BCUT2D eigenvalue weighted by Crippen LogP contribution is -2.45. The van der Waals surface area contributed by atoms with Crippen molar-refractivity contribution in [2.45, 2.75) is 6.10 Å². The number of carbonyl (C=O) groups is 1. The van der Waals surface area contributed by atoms with E-state index in [-0.39, 0.29) is 12.0 Å². The summed E-state index contributed by atoms with van der Waals surface area (Å²) in [4.78, 5) is 13.6. The third-order valence-corrected chi connectivity index (χ3v) is 3.24. The van der Waals surface area contributed by atoms with Gasteiger partial charge in [0, 0.05) is 11.6 Å². The summed E-state index contributed by atoms with van der Waals surface area (Å²) in [5.74, 6) is 0.111. The van der Waals surface area contributed by atoms with Gasteiger partial charge in [-0.15, -0.1) is 0 Å². The van der Waals surface area contributed by atoms with Gasteiger partial charge in [0.25, 0.3) is 0 Å². The fourth-order valence-corrected chi connectivity index (χ4v) is 2.14. The lowest BCUT2D eigenvalue weighted by Gasteiger charge is -2.33. The highest BCUT2D eigenvalue weighted by Gasteiger charge is 2.24. The van der Waals surface area contributed by atoms with Crippen LogP contribution in [0.5, 0.6) is 0 Å². The molecule has 4 nitrogen and oxygen atoms in total. The van der Waals surface area contributed by atoms with Crippen LogP contribution in [0.15, 0.2) is 24.3 Å². The van der Waals surface area contributed by atoms with Crippen LogP contribution >= 0.6 is 11.6 Å². The van der Waals surface area contributed by atoms with E-state index in [0.29, 0.717) is 31.3 Å². The third-order valence-electron chi connectivity index (χ3n) is 2.99. The number of halogens is 1. The molecule has 1 amide bonds. The van der Waals surface area contributed by atoms with Gasteiger partial charge in [-0.1, -0.05) is 23.7 Å². The summed E-state index contributed by atoms with van der Waals surface area (Å²) >= 11 is 5.86. The molecule has 1 fully saturated rings. The monoisotopic (exact) mass is 268 g/mol. The lowest BCUT2D eigenvalue weighted by molar-refractivity contribution is -0.137. The molecule has 1 aliphatic heterocycles. The number of morpholine rings is 1. The van der Waals surface area contributed by atoms with Crippen molar-refractivity contribution in [2.75, 3.05) is 33.3 Å². The van der Waals surface area contributed by atoms with Gasteiger partial charge in [0.2, 0.25) is 5.91 Å². The van der Waals surface area contributed by atoms with E-state index in [9.17, 15) is 4.79 Å². The average molecular weight is 269 g/mol. The van der Waals surface area contributed by atoms with Crippen molar-refractivity contribution < 1.29 is 9.53 Å². The smallest absolute Gasteiger partial charge is 0.236 e. The van der Waals surface area contributed by atoms with Crippen LogP contribution in [0.1, 0.15) is 11.7 Å². The number of hydrogen-bond acceptors (Lipinski definition) is 3. The van der Waals surface area contributed by atoms with E-state index in [1.165, 1.54) is 0 Å². The van der Waals surface area contributed by atoms with E-state index >= 15 is 0 Å². The molecule has 0 unspecified atom stereocenters. The van der Waals surface area contributed by atoms with Gasteiger partial charge in [-0.25, -0.2) is 0 Å². The topological polar surface area (TPSA) is 41.6 Å². The van der Waals surface area contributed by atoms with Gasteiger partial charge >= 0.3 is 0 Å². The summed E-state index contributed by atoms with van der Waals surface area (Å²) in [7, 11) is 1.77. The Morgan fingerprint density at radius 2 is 2.22 bits per heavy atom. The van der Waals surface area contributed by atoms with Gasteiger partial charge in [-0.3, -0.25) is 4.79 Å². The molecule has 1 atom stereocenters. The van der Waals surface area contributed by atoms with Gasteiger partial charge in [0.15, 0.2) is 0 Å². The maximum absolute atomic E-state index is 11.8. The number of nitrogens with zero attached hydrogens (tertiary/aromatic N) is 1. The Kier molecular flexibility index (Phi) is 4.58. The number of hydrogen-bond donors (Lipinski definition) is 1. The number of nitrogens with one attached hydrogen (secondary N) is 1. The molecule has 0 saturated carbocycles. The van der Waals surface area contributed by atoms with Crippen LogP contribution in [0.3, 0.4) is 0 Å². The minimum atomic E-state index is -0.0585. The molecular weight excluding hydrogens is 252 g/mol. The van der Waals surface area contributed by atoms with Gasteiger partial charge in [-0.05, 0) is 24.7 Å². The zero-order valence-corrected chi connectivity index (χ0v) is 11.1. The zero-order valence-electron chi connectivity index (χ0n) is 10.4. The Morgan fingerprint density at radius 1 is 1.50 bits per heavy atom. The molecule has 0 bridgehead atoms. The van der Waals surface area contributed by atoms with E-state index < -0.39 is 0 Å². The summed E-state index contributed by atoms with van der Waals surface area (Å²) in [5, 5.41) is 3.58. The predicted molar refractivity (Wildman–Crippen MR) is 70.7 cm³/mol. The first-order valence-electron chi connectivity index (χ1n) is 6.00. The summed E-state index contributed by atoms with van der Waals surface area (Å²) < 4.78 is 5.71. The number of likely N-dealkylation sites (N-methyl/N-ethyl adjacent to an activating group) is 1. The second-order valence-electron chi connectivity index (χ2n) is 4.28. The van der Waals surface area contributed by atoms with Crippen LogP contribution in [0.25, 0.3) is 0 Å². The molecule has 1 aromatic carbocycles. The fraction of sp³-hybridized carbons (Fsp3) is 0.462. The first kappa shape index (κ1) is 13.3. The van der Waals surface area contributed by atoms with Crippen LogP contribution < -0.4 is 5.32 Å². The Hall–Kier alpha value is -1.10. The molecule has 0 spiro atoms. The first-order valence-corrected chi connectivity index (χ1v) is 6.38. The van der Waals surface area contributed by atoms with Crippen molar-refractivity contribution in [3.05, 3.63) is 34.9 Å². The quantitative estimate of drug-likeness (QED) is 0.902. The van der Waals surface area contributed by atoms with E-state index in [1.54, 1.807) is 7.05 Å². The molecule has 1 aromatic rings. The molecule has 1 heterocycles. The standard InChI is InChI=1S/C13H17ClN2O2/c1-15-8-13(17)16-6-7-18-12(9-16)10-2-4-11(14)5-3-10/h2-5,12,15H,6-9H2,1H3/t12-/m1/s1. The number of rotatable bonds is 3. The number of ether oxygens (including phenoxy) is 1. The second-order valence-corrected chi connectivity index (χ2v) is 4.72. The molecule has 1 aliphatic rings. The Bertz CT molecular complexity index is 408. The third kappa shape index (κ3) is 3.22. The highest BCUT2D eigenvalue weighted by molar-refractivity contribution is 6.30. The summed E-state index contributed by atoms with van der Waals surface area (Å²) in [6.45, 7) is 2.20. The predicted octanol–water partition coefficient (Wildman–Crippen LogP) is 1.46. The van der Waals surface area contributed by atoms with Crippen LogP contribution in [-0.2, 0) is 9.53 Å². The molecule has 1 saturated heterocycles. The second kappa shape index (κ2) is 6.18. The molecule has 0 aromatic heterocycles. The maximum Gasteiger partial charge on any atom is 0.236 e. The van der Waals surface area contributed by atoms with E-state index in [2.05, 4.69) is 5.32 Å². The maximum atomic E-state index is 11.8. The van der Waals surface area contributed by atoms with Gasteiger partial charge in [0.05, 0.1) is 19.7 Å². The minimum absolute atomic E-state index is 0.0585. The van der Waals surface area contributed by atoms with Crippen molar-refractivity contribution in [3.63, 3.8) is 0 Å². The average Bonchev–Trinajstić information content (AvgIpc) is 2.40. The van der Waals surface area contributed by atoms with Crippen molar-refractivity contribution in [1.82, 2.24) is 10.2 Å². The summed E-state index contributed by atoms with van der Waals surface area (Å²) in [6, 6.07) is 7.57. The fourth-order valence-electron chi connectivity index (χ4n) is 2.02. The van der Waals surface area contributed by atoms with E-state index in [4.69, 9.17) is 16.3 Å². The van der Waals surface area contributed by atoms with Crippen LogP contribution in [-0.4, -0.2) is 44.1 Å². The zero-order chi connectivity index (χ0) is 13.0. The van der Waals surface area contributed by atoms with Gasteiger partial charge < -0.3 is 15.0 Å².